The number of aliphatic carboxylic acids is 1. The van der Waals surface area contributed by atoms with Gasteiger partial charge in [0.15, 0.2) is 0 Å². The van der Waals surface area contributed by atoms with E-state index >= 15 is 0 Å². The highest BCUT2D eigenvalue weighted by molar-refractivity contribution is 8.01. The molecular formula is C16H17ClN2O4S. The fourth-order valence-corrected chi connectivity index (χ4v) is 4.37. The predicted molar refractivity (Wildman–Crippen MR) is 91.3 cm³/mol. The molecule has 2 N–H and O–H groups in total. The van der Waals surface area contributed by atoms with Crippen molar-refractivity contribution in [2.45, 2.75) is 41.9 Å². The van der Waals surface area contributed by atoms with Crippen LogP contribution in [-0.2, 0) is 14.4 Å². The van der Waals surface area contributed by atoms with Crippen LogP contribution in [0.1, 0.15) is 26.2 Å². The Kier molecular flexibility index (Phi) is 4.48. The molecule has 0 radical (unpaired) electrons. The second kappa shape index (κ2) is 6.29. The molecule has 128 valence electrons. The molecule has 0 bridgehead atoms. The number of carbonyl (C=O) groups is 3. The fourth-order valence-electron chi connectivity index (χ4n) is 3.11. The summed E-state index contributed by atoms with van der Waals surface area (Å²) in [6, 6.07) is 5.20. The van der Waals surface area contributed by atoms with Gasteiger partial charge in [0.1, 0.15) is 5.54 Å². The molecule has 0 saturated carbocycles. The van der Waals surface area contributed by atoms with Gasteiger partial charge in [-0.3, -0.25) is 9.59 Å². The zero-order valence-corrected chi connectivity index (χ0v) is 14.6. The smallest absolute Gasteiger partial charge is 0.329 e. The highest BCUT2D eigenvalue weighted by Gasteiger charge is 2.46. The molecule has 2 amide bonds. The molecule has 0 aliphatic carbocycles. The summed E-state index contributed by atoms with van der Waals surface area (Å²) in [6.45, 7) is 1.97. The number of rotatable bonds is 3. The van der Waals surface area contributed by atoms with Crippen molar-refractivity contribution in [1.29, 1.82) is 0 Å². The first kappa shape index (κ1) is 17.1. The van der Waals surface area contributed by atoms with Crippen LogP contribution in [0, 0.1) is 0 Å². The number of hydrogen-bond acceptors (Lipinski definition) is 4. The van der Waals surface area contributed by atoms with Crippen molar-refractivity contribution in [2.24, 2.45) is 0 Å². The molecule has 6 nitrogen and oxygen atoms in total. The Hall–Kier alpha value is -1.73. The van der Waals surface area contributed by atoms with Crippen LogP contribution in [-0.4, -0.2) is 45.1 Å². The van der Waals surface area contributed by atoms with E-state index in [2.05, 4.69) is 5.32 Å². The zero-order chi connectivity index (χ0) is 17.5. The van der Waals surface area contributed by atoms with Crippen LogP contribution < -0.4 is 5.32 Å². The Morgan fingerprint density at radius 2 is 2.25 bits per heavy atom. The Balaban J connectivity index is 1.74. The topological polar surface area (TPSA) is 86.7 Å². The molecule has 2 aliphatic rings. The number of amides is 2. The first-order chi connectivity index (χ1) is 11.3. The number of nitrogens with zero attached hydrogens (tertiary/aromatic N) is 1. The molecule has 8 heteroatoms. The summed E-state index contributed by atoms with van der Waals surface area (Å²) in [5, 5.41) is 12.1. The molecule has 2 heterocycles. The third-order valence-corrected chi connectivity index (χ3v) is 6.03. The van der Waals surface area contributed by atoms with E-state index in [1.54, 1.807) is 25.1 Å². The first-order valence-electron chi connectivity index (χ1n) is 7.62. The molecule has 1 aromatic rings. The summed E-state index contributed by atoms with van der Waals surface area (Å²) < 4.78 is 0. The Morgan fingerprint density at radius 1 is 1.50 bits per heavy atom. The SMILES string of the molecule is CC1(C(=O)O)CCCN1C(=O)CC1Sc2ccc(Cl)cc2NC1=O. The maximum absolute atomic E-state index is 12.6. The second-order valence-corrected chi connectivity index (χ2v) is 7.85. The summed E-state index contributed by atoms with van der Waals surface area (Å²) in [7, 11) is 0. The predicted octanol–water partition coefficient (Wildman–Crippen LogP) is 2.61. The molecule has 0 aromatic heterocycles. The van der Waals surface area contributed by atoms with Crippen LogP contribution in [0.5, 0.6) is 0 Å². The maximum atomic E-state index is 12.6. The molecule has 2 atom stereocenters. The molecule has 1 saturated heterocycles. The number of thioether (sulfide) groups is 1. The van der Waals surface area contributed by atoms with Crippen molar-refractivity contribution in [3.63, 3.8) is 0 Å². The van der Waals surface area contributed by atoms with Gasteiger partial charge < -0.3 is 15.3 Å². The third-order valence-electron chi connectivity index (χ3n) is 4.52. The Morgan fingerprint density at radius 3 is 2.96 bits per heavy atom. The molecular weight excluding hydrogens is 352 g/mol. The highest BCUT2D eigenvalue weighted by Crippen LogP contribution is 2.39. The van der Waals surface area contributed by atoms with Gasteiger partial charge >= 0.3 is 5.97 Å². The van der Waals surface area contributed by atoms with Crippen molar-refractivity contribution in [3.8, 4) is 0 Å². The van der Waals surface area contributed by atoms with Crippen LogP contribution in [0.25, 0.3) is 0 Å². The van der Waals surface area contributed by atoms with Crippen molar-refractivity contribution < 1.29 is 19.5 Å². The average Bonchev–Trinajstić information content (AvgIpc) is 2.91. The van der Waals surface area contributed by atoms with E-state index in [1.165, 1.54) is 16.7 Å². The number of benzene rings is 1. The second-order valence-electron chi connectivity index (χ2n) is 6.17. The monoisotopic (exact) mass is 368 g/mol. The van der Waals surface area contributed by atoms with Gasteiger partial charge in [0.2, 0.25) is 11.8 Å². The van der Waals surface area contributed by atoms with Gasteiger partial charge in [-0.2, -0.15) is 0 Å². The van der Waals surface area contributed by atoms with E-state index in [1.807, 2.05) is 0 Å². The minimum absolute atomic E-state index is 0.0264. The summed E-state index contributed by atoms with van der Waals surface area (Å²) in [5.74, 6) is -1.57. The molecule has 0 spiro atoms. The molecule has 24 heavy (non-hydrogen) atoms. The third kappa shape index (κ3) is 2.98. The van der Waals surface area contributed by atoms with Gasteiger partial charge in [-0.15, -0.1) is 11.8 Å². The van der Waals surface area contributed by atoms with Gasteiger partial charge in [-0.25, -0.2) is 4.79 Å². The number of carboxylic acids is 1. The van der Waals surface area contributed by atoms with E-state index in [9.17, 15) is 19.5 Å². The maximum Gasteiger partial charge on any atom is 0.329 e. The lowest BCUT2D eigenvalue weighted by molar-refractivity contribution is -0.155. The quantitative estimate of drug-likeness (QED) is 0.856. The largest absolute Gasteiger partial charge is 0.480 e. The average molecular weight is 369 g/mol. The lowest BCUT2D eigenvalue weighted by Gasteiger charge is -2.33. The van der Waals surface area contributed by atoms with Crippen LogP contribution >= 0.6 is 23.4 Å². The lowest BCUT2D eigenvalue weighted by Crippen LogP contribution is -2.51. The van der Waals surface area contributed by atoms with Crippen molar-refractivity contribution >= 4 is 46.8 Å². The van der Waals surface area contributed by atoms with Gasteiger partial charge in [-0.05, 0) is 38.0 Å². The lowest BCUT2D eigenvalue weighted by atomic mass is 9.99. The van der Waals surface area contributed by atoms with Crippen molar-refractivity contribution in [2.75, 3.05) is 11.9 Å². The minimum atomic E-state index is -1.18. The minimum Gasteiger partial charge on any atom is -0.480 e. The summed E-state index contributed by atoms with van der Waals surface area (Å²) in [5.41, 5.74) is -0.545. The van der Waals surface area contributed by atoms with E-state index in [4.69, 9.17) is 11.6 Å². The van der Waals surface area contributed by atoms with Crippen LogP contribution in [0.3, 0.4) is 0 Å². The number of likely N-dealkylation sites (tertiary alicyclic amines) is 1. The Labute approximate surface area is 148 Å². The zero-order valence-electron chi connectivity index (χ0n) is 13.0. The van der Waals surface area contributed by atoms with E-state index in [0.29, 0.717) is 30.1 Å². The van der Waals surface area contributed by atoms with Gasteiger partial charge in [0, 0.05) is 22.9 Å². The standard InChI is InChI=1S/C16H17ClN2O4S/c1-16(15(22)23)5-2-6-19(16)13(20)8-12-14(21)18-10-7-9(17)3-4-11(10)24-12/h3-4,7,12H,2,5-6,8H2,1H3,(H,18,21)(H,22,23). The molecule has 1 aromatic carbocycles. The van der Waals surface area contributed by atoms with E-state index < -0.39 is 16.8 Å². The van der Waals surface area contributed by atoms with Crippen LogP contribution in [0.2, 0.25) is 5.02 Å². The highest BCUT2D eigenvalue weighted by atomic mass is 35.5. The normalized spacial score (nSPS) is 26.0. The number of carboxylic acid groups (broad SMARTS) is 1. The molecule has 3 rings (SSSR count). The Bertz CT molecular complexity index is 726. The summed E-state index contributed by atoms with van der Waals surface area (Å²) in [4.78, 5) is 38.6. The van der Waals surface area contributed by atoms with Crippen molar-refractivity contribution in [3.05, 3.63) is 23.2 Å². The van der Waals surface area contributed by atoms with Crippen molar-refractivity contribution in [1.82, 2.24) is 4.90 Å². The molecule has 1 fully saturated rings. The number of fused-ring (bicyclic) bond motifs is 1. The van der Waals surface area contributed by atoms with Gasteiger partial charge in [0.05, 0.1) is 10.9 Å². The summed E-state index contributed by atoms with van der Waals surface area (Å²) in [6.07, 6.45) is 1.06. The van der Waals surface area contributed by atoms with E-state index in [0.717, 1.165) is 4.90 Å². The number of carbonyl (C=O) groups excluding carboxylic acids is 2. The van der Waals surface area contributed by atoms with Gasteiger partial charge in [0.25, 0.3) is 0 Å². The van der Waals surface area contributed by atoms with E-state index in [-0.39, 0.29) is 18.2 Å². The number of halogens is 1. The van der Waals surface area contributed by atoms with Crippen LogP contribution in [0.15, 0.2) is 23.1 Å². The summed E-state index contributed by atoms with van der Waals surface area (Å²) >= 11 is 7.22. The fraction of sp³-hybridized carbons (Fsp3) is 0.438. The number of hydrogen-bond donors (Lipinski definition) is 2. The molecule has 2 aliphatic heterocycles. The number of anilines is 1. The van der Waals surface area contributed by atoms with Crippen LogP contribution in [0.4, 0.5) is 5.69 Å². The molecule has 2 unspecified atom stereocenters. The van der Waals surface area contributed by atoms with Gasteiger partial charge in [-0.1, -0.05) is 11.6 Å². The first-order valence-corrected chi connectivity index (χ1v) is 8.88. The number of nitrogens with one attached hydrogen (secondary N) is 1.